The number of benzene rings is 1. The molecule has 0 aliphatic rings. The van der Waals surface area contributed by atoms with Crippen molar-refractivity contribution >= 4 is 5.69 Å². The second-order valence-electron chi connectivity index (χ2n) is 2.55. The van der Waals surface area contributed by atoms with Crippen molar-refractivity contribution in [1.82, 2.24) is 0 Å². The molecule has 0 heterocycles. The molecule has 0 aromatic heterocycles. The van der Waals surface area contributed by atoms with Gasteiger partial charge in [-0.25, -0.2) is 4.39 Å². The zero-order valence-corrected chi connectivity index (χ0v) is 7.76. The van der Waals surface area contributed by atoms with Crippen LogP contribution in [0.4, 0.5) is 10.1 Å². The molecule has 0 saturated carbocycles. The predicted octanol–water partition coefficient (Wildman–Crippen LogP) is 2.13. The number of nitrogens with one attached hydrogen (secondary N) is 1. The molecule has 1 rings (SSSR count). The van der Waals surface area contributed by atoms with E-state index in [1.54, 1.807) is 25.1 Å². The van der Waals surface area contributed by atoms with Gasteiger partial charge in [-0.05, 0) is 19.1 Å². The predicted molar refractivity (Wildman–Crippen MR) is 53.1 cm³/mol. The average Bonchev–Trinajstić information content (AvgIpc) is 2.18. The van der Waals surface area contributed by atoms with Gasteiger partial charge < -0.3 is 5.32 Å². The Balaban J connectivity index is 2.90. The second-order valence-corrected chi connectivity index (χ2v) is 2.55. The van der Waals surface area contributed by atoms with E-state index in [1.807, 2.05) is 0 Å². The van der Waals surface area contributed by atoms with Crippen LogP contribution in [0.15, 0.2) is 18.2 Å². The third-order valence-corrected chi connectivity index (χ3v) is 1.67. The van der Waals surface area contributed by atoms with Crippen LogP contribution in [0, 0.1) is 29.0 Å². The highest BCUT2D eigenvalue weighted by Gasteiger charge is 2.05. The van der Waals surface area contributed by atoms with E-state index in [9.17, 15) is 4.39 Å². The summed E-state index contributed by atoms with van der Waals surface area (Å²) < 4.78 is 13.1. The van der Waals surface area contributed by atoms with Crippen LogP contribution in [0.1, 0.15) is 12.5 Å². The molecule has 0 spiro atoms. The van der Waals surface area contributed by atoms with Crippen molar-refractivity contribution in [3.8, 4) is 17.9 Å². The molecule has 0 atom stereocenters. The lowest BCUT2D eigenvalue weighted by molar-refractivity contribution is 0.624. The van der Waals surface area contributed by atoms with Crippen molar-refractivity contribution in [3.63, 3.8) is 0 Å². The lowest BCUT2D eigenvalue weighted by atomic mass is 10.2. The van der Waals surface area contributed by atoms with Crippen LogP contribution in [0.5, 0.6) is 0 Å². The Bertz CT molecular complexity index is 421. The molecule has 0 fully saturated rings. The summed E-state index contributed by atoms with van der Waals surface area (Å²) in [6.07, 6.45) is 0. The summed E-state index contributed by atoms with van der Waals surface area (Å²) in [5.41, 5.74) is 0.514. The molecule has 3 heteroatoms. The lowest BCUT2D eigenvalue weighted by Gasteiger charge is -2.04. The Morgan fingerprint density at radius 2 is 2.29 bits per heavy atom. The van der Waals surface area contributed by atoms with Crippen LogP contribution in [0.25, 0.3) is 0 Å². The first-order chi connectivity index (χ1) is 6.79. The van der Waals surface area contributed by atoms with Crippen molar-refractivity contribution in [2.45, 2.75) is 6.92 Å². The molecule has 1 aromatic carbocycles. The first kappa shape index (κ1) is 10.1. The molecule has 0 amide bonds. The van der Waals surface area contributed by atoms with Crippen LogP contribution in [0.2, 0.25) is 0 Å². The lowest BCUT2D eigenvalue weighted by Crippen LogP contribution is -2.01. The maximum atomic E-state index is 13.1. The molecule has 1 N–H and O–H groups in total. The van der Waals surface area contributed by atoms with Crippen LogP contribution < -0.4 is 5.32 Å². The molecule has 2 nitrogen and oxygen atoms in total. The van der Waals surface area contributed by atoms with Crippen LogP contribution in [-0.2, 0) is 0 Å². The summed E-state index contributed by atoms with van der Waals surface area (Å²) in [5.74, 6) is 4.96. The van der Waals surface area contributed by atoms with E-state index in [-0.39, 0.29) is 5.56 Å². The largest absolute Gasteiger partial charge is 0.373 e. The minimum absolute atomic E-state index is 0.0328. The standard InChI is InChI=1S/C11H9FN2/c1-2-3-7-14-11-6-4-5-10(12)9(11)8-13/h4-6,14H,7H2,1H3. The highest BCUT2D eigenvalue weighted by atomic mass is 19.1. The summed E-state index contributed by atoms with van der Waals surface area (Å²) in [6, 6.07) is 6.27. The smallest absolute Gasteiger partial charge is 0.143 e. The fourth-order valence-electron chi connectivity index (χ4n) is 1.01. The molecule has 0 aliphatic carbocycles. The van der Waals surface area contributed by atoms with E-state index in [0.29, 0.717) is 12.2 Å². The van der Waals surface area contributed by atoms with E-state index in [4.69, 9.17) is 5.26 Å². The molecule has 14 heavy (non-hydrogen) atoms. The average molecular weight is 188 g/mol. The molecular weight excluding hydrogens is 179 g/mol. The van der Waals surface area contributed by atoms with Crippen LogP contribution in [0.3, 0.4) is 0 Å². The van der Waals surface area contributed by atoms with Gasteiger partial charge in [0.15, 0.2) is 0 Å². The fourth-order valence-corrected chi connectivity index (χ4v) is 1.01. The monoisotopic (exact) mass is 188 g/mol. The van der Waals surface area contributed by atoms with Gasteiger partial charge in [-0.15, -0.1) is 5.92 Å². The molecule has 0 saturated heterocycles. The number of halogens is 1. The van der Waals surface area contributed by atoms with E-state index >= 15 is 0 Å². The van der Waals surface area contributed by atoms with Gasteiger partial charge in [0.05, 0.1) is 12.2 Å². The minimum Gasteiger partial charge on any atom is -0.373 e. The Morgan fingerprint density at radius 3 is 2.93 bits per heavy atom. The van der Waals surface area contributed by atoms with Crippen molar-refractivity contribution in [2.24, 2.45) is 0 Å². The van der Waals surface area contributed by atoms with Gasteiger partial charge >= 0.3 is 0 Å². The summed E-state index contributed by atoms with van der Waals surface area (Å²) in [6.45, 7) is 2.13. The number of anilines is 1. The molecule has 0 aliphatic heterocycles. The highest BCUT2D eigenvalue weighted by molar-refractivity contribution is 5.58. The summed E-state index contributed by atoms with van der Waals surface area (Å²) in [5, 5.41) is 11.6. The van der Waals surface area contributed by atoms with E-state index in [0.717, 1.165) is 0 Å². The SMILES string of the molecule is CC#CCNc1cccc(F)c1C#N. The zero-order chi connectivity index (χ0) is 10.4. The van der Waals surface area contributed by atoms with E-state index in [1.165, 1.54) is 6.07 Å². The third kappa shape index (κ3) is 2.24. The number of rotatable bonds is 2. The normalized spacial score (nSPS) is 8.36. The number of hydrogen-bond acceptors (Lipinski definition) is 2. The van der Waals surface area contributed by atoms with Crippen LogP contribution in [-0.4, -0.2) is 6.54 Å². The van der Waals surface area contributed by atoms with Gasteiger partial charge in [0.1, 0.15) is 17.4 Å². The van der Waals surface area contributed by atoms with Crippen LogP contribution >= 0.6 is 0 Å². The van der Waals surface area contributed by atoms with E-state index in [2.05, 4.69) is 17.2 Å². The molecule has 0 unspecified atom stereocenters. The minimum atomic E-state index is -0.512. The maximum Gasteiger partial charge on any atom is 0.143 e. The Hall–Kier alpha value is -2.00. The van der Waals surface area contributed by atoms with Gasteiger partial charge in [0, 0.05) is 0 Å². The molecule has 70 valence electrons. The topological polar surface area (TPSA) is 35.8 Å². The van der Waals surface area contributed by atoms with Gasteiger partial charge in [0.2, 0.25) is 0 Å². The van der Waals surface area contributed by atoms with E-state index < -0.39 is 5.82 Å². The van der Waals surface area contributed by atoms with Crippen molar-refractivity contribution < 1.29 is 4.39 Å². The summed E-state index contributed by atoms with van der Waals surface area (Å²) in [7, 11) is 0. The number of hydrogen-bond donors (Lipinski definition) is 1. The first-order valence-electron chi connectivity index (χ1n) is 4.11. The third-order valence-electron chi connectivity index (χ3n) is 1.67. The van der Waals surface area contributed by atoms with Crippen molar-refractivity contribution in [2.75, 3.05) is 11.9 Å². The second kappa shape index (κ2) is 4.89. The molecule has 0 radical (unpaired) electrons. The quantitative estimate of drug-likeness (QED) is 0.722. The van der Waals surface area contributed by atoms with Gasteiger partial charge in [0.25, 0.3) is 0 Å². The molecule has 1 aromatic rings. The molecular formula is C11H9FN2. The van der Waals surface area contributed by atoms with Crippen molar-refractivity contribution in [3.05, 3.63) is 29.6 Å². The van der Waals surface area contributed by atoms with Gasteiger partial charge in [-0.2, -0.15) is 5.26 Å². The van der Waals surface area contributed by atoms with Gasteiger partial charge in [-0.1, -0.05) is 12.0 Å². The first-order valence-corrected chi connectivity index (χ1v) is 4.11. The van der Waals surface area contributed by atoms with Crippen molar-refractivity contribution in [1.29, 1.82) is 5.26 Å². The Labute approximate surface area is 82.4 Å². The highest BCUT2D eigenvalue weighted by Crippen LogP contribution is 2.16. The Morgan fingerprint density at radius 1 is 1.50 bits per heavy atom. The summed E-state index contributed by atoms with van der Waals surface area (Å²) in [4.78, 5) is 0. The maximum absolute atomic E-state index is 13.1. The van der Waals surface area contributed by atoms with Gasteiger partial charge in [-0.3, -0.25) is 0 Å². The summed E-state index contributed by atoms with van der Waals surface area (Å²) >= 11 is 0. The number of nitrogens with zero attached hydrogens (tertiary/aromatic N) is 1. The fraction of sp³-hybridized carbons (Fsp3) is 0.182. The zero-order valence-electron chi connectivity index (χ0n) is 7.76. The number of nitriles is 1. The molecule has 0 bridgehead atoms. The Kier molecular flexibility index (Phi) is 3.52.